The molecule has 0 radical (unpaired) electrons. The van der Waals surface area contributed by atoms with Crippen molar-refractivity contribution >= 4 is 11.7 Å². The van der Waals surface area contributed by atoms with E-state index >= 15 is 0 Å². The van der Waals surface area contributed by atoms with E-state index in [-0.39, 0.29) is 5.91 Å². The number of hydrogen-bond acceptors (Lipinski definition) is 3. The predicted octanol–water partition coefficient (Wildman–Crippen LogP) is 3.52. The number of aromatic amines is 1. The molecule has 0 atom stereocenters. The summed E-state index contributed by atoms with van der Waals surface area (Å²) in [5, 5.41) is 10.2. The highest BCUT2D eigenvalue weighted by molar-refractivity contribution is 5.91. The number of aromatic nitrogens is 3. The van der Waals surface area contributed by atoms with Gasteiger partial charge in [-0.25, -0.2) is 0 Å². The topological polar surface area (TPSA) is 70.7 Å². The van der Waals surface area contributed by atoms with E-state index in [0.717, 1.165) is 29.7 Å². The number of carbonyl (C=O) groups excluding carboxylic acids is 1. The number of nitrogens with zero attached hydrogens (tertiary/aromatic N) is 2. The molecule has 5 heteroatoms. The van der Waals surface area contributed by atoms with Gasteiger partial charge in [0, 0.05) is 29.9 Å². The Labute approximate surface area is 146 Å². The molecule has 0 bridgehead atoms. The van der Waals surface area contributed by atoms with Crippen LogP contribution < -0.4 is 5.32 Å². The molecule has 0 saturated carbocycles. The number of hydrogen-bond donors (Lipinski definition) is 2. The lowest BCUT2D eigenvalue weighted by Gasteiger charge is -2.09. The number of pyridine rings is 1. The molecule has 1 aliphatic carbocycles. The first kappa shape index (κ1) is 15.6. The third-order valence-corrected chi connectivity index (χ3v) is 4.85. The van der Waals surface area contributed by atoms with Crippen molar-refractivity contribution in [3.63, 3.8) is 0 Å². The summed E-state index contributed by atoms with van der Waals surface area (Å²) in [5.41, 5.74) is 5.60. The molecular formula is C20H20N4O. The minimum atomic E-state index is 0.0219. The van der Waals surface area contributed by atoms with Gasteiger partial charge < -0.3 is 5.32 Å². The lowest BCUT2D eigenvalue weighted by atomic mass is 10.0. The second kappa shape index (κ2) is 6.51. The highest BCUT2D eigenvalue weighted by Gasteiger charge is 2.24. The van der Waals surface area contributed by atoms with Crippen LogP contribution in [0.3, 0.4) is 0 Å². The van der Waals surface area contributed by atoms with Gasteiger partial charge in [0.05, 0.1) is 5.69 Å². The molecule has 0 aliphatic heterocycles. The Bertz CT molecular complexity index is 876. The van der Waals surface area contributed by atoms with Crippen molar-refractivity contribution in [1.82, 2.24) is 15.2 Å². The highest BCUT2D eigenvalue weighted by Crippen LogP contribution is 2.29. The fourth-order valence-electron chi connectivity index (χ4n) is 3.56. The highest BCUT2D eigenvalue weighted by atomic mass is 16.1. The van der Waals surface area contributed by atoms with Crippen LogP contribution >= 0.6 is 0 Å². The van der Waals surface area contributed by atoms with E-state index in [0.29, 0.717) is 18.2 Å². The Balaban J connectivity index is 1.42. The van der Waals surface area contributed by atoms with Gasteiger partial charge in [-0.1, -0.05) is 24.3 Å². The molecule has 0 spiro atoms. The summed E-state index contributed by atoms with van der Waals surface area (Å²) >= 11 is 0. The van der Waals surface area contributed by atoms with Crippen LogP contribution in [-0.2, 0) is 17.6 Å². The lowest BCUT2D eigenvalue weighted by molar-refractivity contribution is -0.117. The molecule has 25 heavy (non-hydrogen) atoms. The number of carbonyl (C=O) groups is 1. The maximum Gasteiger partial charge on any atom is 0.225 e. The number of rotatable bonds is 4. The average molecular weight is 332 g/mol. The standard InChI is InChI=1S/C20H20N4O/c1-13-19(15-6-8-21-9-7-15)23-24-20(13)22-18(25)12-14-10-16-4-2-3-5-17(16)11-14/h2-9,14H,10-12H2,1H3,(H2,22,23,24,25). The summed E-state index contributed by atoms with van der Waals surface area (Å²) in [6.45, 7) is 1.96. The molecule has 1 aromatic carbocycles. The van der Waals surface area contributed by atoms with Crippen molar-refractivity contribution < 1.29 is 4.79 Å². The van der Waals surface area contributed by atoms with Gasteiger partial charge in [-0.3, -0.25) is 14.9 Å². The zero-order chi connectivity index (χ0) is 17.2. The van der Waals surface area contributed by atoms with Gasteiger partial charge in [0.2, 0.25) is 5.91 Å². The Morgan fingerprint density at radius 1 is 1.16 bits per heavy atom. The monoisotopic (exact) mass is 332 g/mol. The Morgan fingerprint density at radius 3 is 2.52 bits per heavy atom. The molecule has 126 valence electrons. The lowest BCUT2D eigenvalue weighted by Crippen LogP contribution is -2.17. The molecule has 2 heterocycles. The zero-order valence-corrected chi connectivity index (χ0v) is 14.1. The number of H-pyrrole nitrogens is 1. The van der Waals surface area contributed by atoms with E-state index in [1.165, 1.54) is 11.1 Å². The normalized spacial score (nSPS) is 13.6. The Kier molecular flexibility index (Phi) is 4.06. The second-order valence-corrected chi connectivity index (χ2v) is 6.60. The Morgan fingerprint density at radius 2 is 1.84 bits per heavy atom. The van der Waals surface area contributed by atoms with Gasteiger partial charge >= 0.3 is 0 Å². The first-order chi connectivity index (χ1) is 12.2. The number of nitrogens with one attached hydrogen (secondary N) is 2. The van der Waals surface area contributed by atoms with Crippen molar-refractivity contribution in [2.45, 2.75) is 26.2 Å². The number of benzene rings is 1. The van der Waals surface area contributed by atoms with Crippen molar-refractivity contribution in [2.75, 3.05) is 5.32 Å². The van der Waals surface area contributed by atoms with Crippen LogP contribution in [0.15, 0.2) is 48.8 Å². The minimum absolute atomic E-state index is 0.0219. The molecule has 1 aliphatic rings. The molecule has 4 rings (SSSR count). The Hall–Kier alpha value is -2.95. The van der Waals surface area contributed by atoms with Crippen LogP contribution in [0.2, 0.25) is 0 Å². The molecule has 3 aromatic rings. The van der Waals surface area contributed by atoms with Crippen LogP contribution in [0.25, 0.3) is 11.3 Å². The van der Waals surface area contributed by atoms with Crippen LogP contribution in [0, 0.1) is 12.8 Å². The fraction of sp³-hybridized carbons (Fsp3) is 0.250. The van der Waals surface area contributed by atoms with Gasteiger partial charge in [-0.2, -0.15) is 5.10 Å². The van der Waals surface area contributed by atoms with E-state index in [1.807, 2.05) is 19.1 Å². The molecule has 2 N–H and O–H groups in total. The molecule has 5 nitrogen and oxygen atoms in total. The SMILES string of the molecule is Cc1c(NC(=O)CC2Cc3ccccc3C2)n[nH]c1-c1ccncc1. The summed E-state index contributed by atoms with van der Waals surface area (Å²) in [6.07, 6.45) is 5.96. The summed E-state index contributed by atoms with van der Waals surface area (Å²) in [5.74, 6) is 0.998. The summed E-state index contributed by atoms with van der Waals surface area (Å²) in [7, 11) is 0. The maximum absolute atomic E-state index is 12.4. The summed E-state index contributed by atoms with van der Waals surface area (Å²) in [6, 6.07) is 12.3. The predicted molar refractivity (Wildman–Crippen MR) is 97.1 cm³/mol. The zero-order valence-electron chi connectivity index (χ0n) is 14.1. The molecule has 1 amide bonds. The third kappa shape index (κ3) is 3.18. The summed E-state index contributed by atoms with van der Waals surface area (Å²) in [4.78, 5) is 16.5. The number of amides is 1. The van der Waals surface area contributed by atoms with Crippen LogP contribution in [-0.4, -0.2) is 21.1 Å². The van der Waals surface area contributed by atoms with E-state index in [9.17, 15) is 4.79 Å². The first-order valence-electron chi connectivity index (χ1n) is 8.52. The third-order valence-electron chi connectivity index (χ3n) is 4.85. The second-order valence-electron chi connectivity index (χ2n) is 6.60. The largest absolute Gasteiger partial charge is 0.309 e. The number of fused-ring (bicyclic) bond motifs is 1. The maximum atomic E-state index is 12.4. The van der Waals surface area contributed by atoms with Gasteiger partial charge in [0.25, 0.3) is 0 Å². The van der Waals surface area contributed by atoms with Crippen molar-refractivity contribution in [3.8, 4) is 11.3 Å². The van der Waals surface area contributed by atoms with Crippen LogP contribution in [0.4, 0.5) is 5.82 Å². The van der Waals surface area contributed by atoms with Gasteiger partial charge in [-0.15, -0.1) is 0 Å². The average Bonchev–Trinajstić information content (AvgIpc) is 3.19. The molecule has 0 unspecified atom stereocenters. The molecule has 0 fully saturated rings. The molecular weight excluding hydrogens is 312 g/mol. The van der Waals surface area contributed by atoms with Crippen LogP contribution in [0.5, 0.6) is 0 Å². The van der Waals surface area contributed by atoms with Crippen molar-refractivity contribution in [3.05, 3.63) is 65.5 Å². The van der Waals surface area contributed by atoms with E-state index in [2.05, 4.69) is 44.8 Å². The van der Waals surface area contributed by atoms with Crippen molar-refractivity contribution in [2.24, 2.45) is 5.92 Å². The van der Waals surface area contributed by atoms with Gasteiger partial charge in [0.15, 0.2) is 5.82 Å². The van der Waals surface area contributed by atoms with Crippen LogP contribution in [0.1, 0.15) is 23.1 Å². The van der Waals surface area contributed by atoms with E-state index in [4.69, 9.17) is 0 Å². The summed E-state index contributed by atoms with van der Waals surface area (Å²) < 4.78 is 0. The van der Waals surface area contributed by atoms with E-state index in [1.54, 1.807) is 12.4 Å². The molecule has 0 saturated heterocycles. The minimum Gasteiger partial charge on any atom is -0.309 e. The van der Waals surface area contributed by atoms with Crippen molar-refractivity contribution in [1.29, 1.82) is 0 Å². The van der Waals surface area contributed by atoms with E-state index < -0.39 is 0 Å². The first-order valence-corrected chi connectivity index (χ1v) is 8.52. The fourth-order valence-corrected chi connectivity index (χ4v) is 3.56. The van der Waals surface area contributed by atoms with Gasteiger partial charge in [-0.05, 0) is 48.9 Å². The number of anilines is 1. The molecule has 2 aromatic heterocycles. The smallest absolute Gasteiger partial charge is 0.225 e. The quantitative estimate of drug-likeness (QED) is 0.768. The van der Waals surface area contributed by atoms with Gasteiger partial charge in [0.1, 0.15) is 0 Å².